The zero-order valence-corrected chi connectivity index (χ0v) is 18.7. The first-order valence-electron chi connectivity index (χ1n) is 10.1. The summed E-state index contributed by atoms with van der Waals surface area (Å²) in [5, 5.41) is 6.35. The molecule has 0 saturated heterocycles. The van der Waals surface area contributed by atoms with Gasteiger partial charge in [-0.2, -0.15) is 0 Å². The molecular formula is C25H25ClN2O4. The van der Waals surface area contributed by atoms with E-state index in [1.54, 1.807) is 62.8 Å². The van der Waals surface area contributed by atoms with Crippen LogP contribution in [0.25, 0.3) is 0 Å². The van der Waals surface area contributed by atoms with Crippen LogP contribution < -0.4 is 20.1 Å². The van der Waals surface area contributed by atoms with Gasteiger partial charge in [-0.15, -0.1) is 0 Å². The third kappa shape index (κ3) is 6.25. The van der Waals surface area contributed by atoms with Crippen molar-refractivity contribution in [2.45, 2.75) is 12.8 Å². The Morgan fingerprint density at radius 3 is 2.28 bits per heavy atom. The van der Waals surface area contributed by atoms with Crippen LogP contribution in [0.5, 0.6) is 11.5 Å². The number of rotatable bonds is 9. The molecule has 0 bridgehead atoms. The van der Waals surface area contributed by atoms with Crippen LogP contribution in [0.4, 0.5) is 5.69 Å². The Bertz CT molecular complexity index is 1080. The van der Waals surface area contributed by atoms with Crippen LogP contribution in [0.3, 0.4) is 0 Å². The maximum atomic E-state index is 12.7. The molecule has 0 radical (unpaired) electrons. The Labute approximate surface area is 192 Å². The van der Waals surface area contributed by atoms with Gasteiger partial charge in [-0.05, 0) is 53.9 Å². The number of nitrogens with one attached hydrogen (secondary N) is 2. The SMILES string of the molecule is COc1ccc(CCNC(=O)c2ccccc2NC(=O)Cc2ccc(Cl)cc2)cc1OC. The van der Waals surface area contributed by atoms with Crippen molar-refractivity contribution in [2.75, 3.05) is 26.1 Å². The molecule has 0 atom stereocenters. The highest BCUT2D eigenvalue weighted by atomic mass is 35.5. The second-order valence-corrected chi connectivity index (χ2v) is 7.53. The molecule has 0 heterocycles. The van der Waals surface area contributed by atoms with E-state index in [0.717, 1.165) is 11.1 Å². The van der Waals surface area contributed by atoms with E-state index in [9.17, 15) is 9.59 Å². The summed E-state index contributed by atoms with van der Waals surface area (Å²) < 4.78 is 10.6. The highest BCUT2D eigenvalue weighted by molar-refractivity contribution is 6.30. The van der Waals surface area contributed by atoms with Gasteiger partial charge in [0.15, 0.2) is 11.5 Å². The first kappa shape index (κ1) is 23.2. The van der Waals surface area contributed by atoms with E-state index in [4.69, 9.17) is 21.1 Å². The molecule has 6 nitrogen and oxygen atoms in total. The fourth-order valence-electron chi connectivity index (χ4n) is 3.22. The average molecular weight is 453 g/mol. The molecule has 0 fully saturated rings. The van der Waals surface area contributed by atoms with Gasteiger partial charge in [-0.3, -0.25) is 9.59 Å². The lowest BCUT2D eigenvalue weighted by atomic mass is 10.1. The molecule has 3 aromatic rings. The first-order chi connectivity index (χ1) is 15.5. The predicted molar refractivity (Wildman–Crippen MR) is 126 cm³/mol. The summed E-state index contributed by atoms with van der Waals surface area (Å²) in [6, 6.07) is 19.7. The van der Waals surface area contributed by atoms with Crippen LogP contribution in [0.15, 0.2) is 66.7 Å². The van der Waals surface area contributed by atoms with Gasteiger partial charge in [0.25, 0.3) is 5.91 Å². The minimum absolute atomic E-state index is 0.187. The number of carbonyl (C=O) groups is 2. The maximum absolute atomic E-state index is 12.7. The van der Waals surface area contributed by atoms with Crippen molar-refractivity contribution in [1.29, 1.82) is 0 Å². The fraction of sp³-hybridized carbons (Fsp3) is 0.200. The Hall–Kier alpha value is -3.51. The van der Waals surface area contributed by atoms with Crippen molar-refractivity contribution in [3.63, 3.8) is 0 Å². The van der Waals surface area contributed by atoms with E-state index in [1.165, 1.54) is 0 Å². The van der Waals surface area contributed by atoms with Crippen LogP contribution in [0.1, 0.15) is 21.5 Å². The summed E-state index contributed by atoms with van der Waals surface area (Å²) in [5.74, 6) is 0.833. The molecule has 2 amide bonds. The smallest absolute Gasteiger partial charge is 0.253 e. The van der Waals surface area contributed by atoms with E-state index in [0.29, 0.717) is 40.7 Å². The summed E-state index contributed by atoms with van der Waals surface area (Å²) in [4.78, 5) is 25.2. The zero-order chi connectivity index (χ0) is 22.9. The van der Waals surface area contributed by atoms with E-state index >= 15 is 0 Å². The van der Waals surface area contributed by atoms with E-state index in [-0.39, 0.29) is 18.2 Å². The quantitative estimate of drug-likeness (QED) is 0.500. The number of anilines is 1. The highest BCUT2D eigenvalue weighted by Gasteiger charge is 2.13. The van der Waals surface area contributed by atoms with Crippen molar-refractivity contribution in [1.82, 2.24) is 5.32 Å². The molecule has 0 unspecified atom stereocenters. The Morgan fingerprint density at radius 1 is 0.875 bits per heavy atom. The number of hydrogen-bond donors (Lipinski definition) is 2. The second kappa shape index (κ2) is 11.2. The topological polar surface area (TPSA) is 76.7 Å². The number of halogens is 1. The van der Waals surface area contributed by atoms with E-state index < -0.39 is 0 Å². The van der Waals surface area contributed by atoms with Gasteiger partial charge < -0.3 is 20.1 Å². The van der Waals surface area contributed by atoms with Crippen molar-refractivity contribution in [2.24, 2.45) is 0 Å². The largest absolute Gasteiger partial charge is 0.493 e. The Morgan fingerprint density at radius 2 is 1.56 bits per heavy atom. The standard InChI is InChI=1S/C25H25ClN2O4/c1-31-22-12-9-18(15-23(22)32-2)13-14-27-25(30)20-5-3-4-6-21(20)28-24(29)16-17-7-10-19(26)11-8-17/h3-12,15H,13-14,16H2,1-2H3,(H,27,30)(H,28,29). The van der Waals surface area contributed by atoms with Gasteiger partial charge in [-0.25, -0.2) is 0 Å². The molecule has 7 heteroatoms. The number of benzene rings is 3. The van der Waals surface area contributed by atoms with Gasteiger partial charge in [0, 0.05) is 11.6 Å². The van der Waals surface area contributed by atoms with Crippen LogP contribution in [0.2, 0.25) is 5.02 Å². The number of hydrogen-bond acceptors (Lipinski definition) is 4. The molecule has 2 N–H and O–H groups in total. The maximum Gasteiger partial charge on any atom is 0.253 e. The summed E-state index contributed by atoms with van der Waals surface area (Å²) in [6.07, 6.45) is 0.809. The highest BCUT2D eigenvalue weighted by Crippen LogP contribution is 2.27. The predicted octanol–water partition coefficient (Wildman–Crippen LogP) is 4.51. The monoisotopic (exact) mass is 452 g/mol. The third-order valence-electron chi connectivity index (χ3n) is 4.87. The minimum Gasteiger partial charge on any atom is -0.493 e. The van der Waals surface area contributed by atoms with Gasteiger partial charge >= 0.3 is 0 Å². The summed E-state index contributed by atoms with van der Waals surface area (Å²) in [7, 11) is 3.17. The summed E-state index contributed by atoms with van der Waals surface area (Å²) >= 11 is 5.89. The normalized spacial score (nSPS) is 10.3. The second-order valence-electron chi connectivity index (χ2n) is 7.09. The molecule has 3 aromatic carbocycles. The molecule has 0 saturated carbocycles. The lowest BCUT2D eigenvalue weighted by Gasteiger charge is -2.12. The molecule has 0 aromatic heterocycles. The summed E-state index contributed by atoms with van der Waals surface area (Å²) in [5.41, 5.74) is 2.72. The van der Waals surface area contributed by atoms with Crippen molar-refractivity contribution >= 4 is 29.1 Å². The van der Waals surface area contributed by atoms with Gasteiger partial charge in [0.1, 0.15) is 0 Å². The fourth-order valence-corrected chi connectivity index (χ4v) is 3.35. The van der Waals surface area contributed by atoms with Crippen LogP contribution in [-0.4, -0.2) is 32.6 Å². The average Bonchev–Trinajstić information content (AvgIpc) is 2.80. The summed E-state index contributed by atoms with van der Waals surface area (Å²) in [6.45, 7) is 0.432. The van der Waals surface area contributed by atoms with E-state index in [1.807, 2.05) is 18.2 Å². The third-order valence-corrected chi connectivity index (χ3v) is 5.12. The molecule has 3 rings (SSSR count). The number of ether oxygens (including phenoxy) is 2. The number of para-hydroxylation sites is 1. The minimum atomic E-state index is -0.257. The molecule has 0 spiro atoms. The first-order valence-corrected chi connectivity index (χ1v) is 10.5. The van der Waals surface area contributed by atoms with Crippen LogP contribution in [-0.2, 0) is 17.6 Å². The number of carbonyl (C=O) groups excluding carboxylic acids is 2. The lowest BCUT2D eigenvalue weighted by Crippen LogP contribution is -2.27. The zero-order valence-electron chi connectivity index (χ0n) is 18.0. The Balaban J connectivity index is 1.59. The molecule has 166 valence electrons. The lowest BCUT2D eigenvalue weighted by molar-refractivity contribution is -0.115. The molecule has 32 heavy (non-hydrogen) atoms. The van der Waals surface area contributed by atoms with Crippen molar-refractivity contribution < 1.29 is 19.1 Å². The molecule has 0 aliphatic rings. The van der Waals surface area contributed by atoms with Crippen LogP contribution in [0, 0.1) is 0 Å². The molecule has 0 aliphatic heterocycles. The van der Waals surface area contributed by atoms with Crippen molar-refractivity contribution in [3.8, 4) is 11.5 Å². The van der Waals surface area contributed by atoms with Gasteiger partial charge in [-0.1, -0.05) is 41.9 Å². The number of methoxy groups -OCH3 is 2. The van der Waals surface area contributed by atoms with Gasteiger partial charge in [0.05, 0.1) is 31.9 Å². The van der Waals surface area contributed by atoms with Crippen molar-refractivity contribution in [3.05, 3.63) is 88.4 Å². The van der Waals surface area contributed by atoms with Crippen LogP contribution >= 0.6 is 11.6 Å². The number of amides is 2. The molecular weight excluding hydrogens is 428 g/mol. The Kier molecular flexibility index (Phi) is 8.11. The molecule has 0 aliphatic carbocycles. The van der Waals surface area contributed by atoms with Gasteiger partial charge in [0.2, 0.25) is 5.91 Å². The van der Waals surface area contributed by atoms with E-state index in [2.05, 4.69) is 10.6 Å².